The van der Waals surface area contributed by atoms with Crippen LogP contribution in [-0.2, 0) is 0 Å². The van der Waals surface area contributed by atoms with E-state index < -0.39 is 0 Å². The third kappa shape index (κ3) is 2.05. The Morgan fingerprint density at radius 2 is 1.68 bits per heavy atom. The van der Waals surface area contributed by atoms with Crippen molar-refractivity contribution in [3.8, 4) is 16.9 Å². The van der Waals surface area contributed by atoms with E-state index in [1.807, 2.05) is 59.3 Å². The van der Waals surface area contributed by atoms with Crippen molar-refractivity contribution in [3.63, 3.8) is 0 Å². The lowest BCUT2D eigenvalue weighted by Crippen LogP contribution is -1.93. The predicted octanol–water partition coefficient (Wildman–Crippen LogP) is 4.14. The fourth-order valence-electron chi connectivity index (χ4n) is 2.53. The van der Waals surface area contributed by atoms with E-state index in [0.717, 1.165) is 28.0 Å². The molecule has 4 rings (SSSR count). The summed E-state index contributed by atoms with van der Waals surface area (Å²) in [5.41, 5.74) is 3.56. The van der Waals surface area contributed by atoms with E-state index in [1.165, 1.54) is 6.33 Å². The monoisotopic (exact) mass is 306 g/mol. The molecule has 1 aromatic carbocycles. The summed E-state index contributed by atoms with van der Waals surface area (Å²) in [5.74, 6) is 0. The molecule has 3 heterocycles. The predicted molar refractivity (Wildman–Crippen MR) is 87.1 cm³/mol. The van der Waals surface area contributed by atoms with Crippen LogP contribution < -0.4 is 0 Å². The Morgan fingerprint density at radius 3 is 2.45 bits per heavy atom. The molecule has 0 unspecified atom stereocenters. The topological polar surface area (TPSA) is 43.6 Å². The second-order valence-electron chi connectivity index (χ2n) is 4.83. The van der Waals surface area contributed by atoms with E-state index in [-0.39, 0.29) is 0 Å². The number of benzene rings is 1. The van der Waals surface area contributed by atoms with Crippen molar-refractivity contribution in [2.45, 2.75) is 0 Å². The highest BCUT2D eigenvalue weighted by Crippen LogP contribution is 2.33. The van der Waals surface area contributed by atoms with E-state index >= 15 is 0 Å². The van der Waals surface area contributed by atoms with Crippen LogP contribution in [0.15, 0.2) is 67.3 Å². The number of rotatable bonds is 2. The van der Waals surface area contributed by atoms with Crippen LogP contribution >= 0.6 is 11.6 Å². The minimum Gasteiger partial charge on any atom is -0.300 e. The Morgan fingerprint density at radius 1 is 0.864 bits per heavy atom. The van der Waals surface area contributed by atoms with E-state index in [4.69, 9.17) is 11.6 Å². The molecule has 0 saturated carbocycles. The van der Waals surface area contributed by atoms with Crippen LogP contribution in [-0.4, -0.2) is 19.5 Å². The standard InChI is InChI=1S/C17H11ClN4/c18-16-15-13(14-8-4-5-9-19-14)10-22(17(15)21-11-20-16)12-6-2-1-3-7-12/h1-11H. The lowest BCUT2D eigenvalue weighted by atomic mass is 10.1. The maximum Gasteiger partial charge on any atom is 0.150 e. The maximum atomic E-state index is 6.32. The number of para-hydroxylation sites is 1. The molecule has 4 nitrogen and oxygen atoms in total. The molecule has 22 heavy (non-hydrogen) atoms. The van der Waals surface area contributed by atoms with Crippen molar-refractivity contribution in [3.05, 3.63) is 72.4 Å². The van der Waals surface area contributed by atoms with Gasteiger partial charge in [-0.15, -0.1) is 0 Å². The second-order valence-corrected chi connectivity index (χ2v) is 5.18. The smallest absolute Gasteiger partial charge is 0.150 e. The average molecular weight is 307 g/mol. The van der Waals surface area contributed by atoms with Gasteiger partial charge >= 0.3 is 0 Å². The van der Waals surface area contributed by atoms with Crippen LogP contribution in [0.5, 0.6) is 0 Å². The first kappa shape index (κ1) is 13.0. The van der Waals surface area contributed by atoms with E-state index in [9.17, 15) is 0 Å². The van der Waals surface area contributed by atoms with Gasteiger partial charge in [-0.2, -0.15) is 0 Å². The van der Waals surface area contributed by atoms with Gasteiger partial charge in [-0.05, 0) is 24.3 Å². The molecule has 0 fully saturated rings. The SMILES string of the molecule is Clc1ncnc2c1c(-c1ccccn1)cn2-c1ccccc1. The van der Waals surface area contributed by atoms with Crippen molar-refractivity contribution >= 4 is 22.6 Å². The molecule has 0 radical (unpaired) electrons. The van der Waals surface area contributed by atoms with Crippen LogP contribution in [0.4, 0.5) is 0 Å². The van der Waals surface area contributed by atoms with Crippen LogP contribution in [0.3, 0.4) is 0 Å². The van der Waals surface area contributed by atoms with Crippen LogP contribution in [0.25, 0.3) is 28.0 Å². The summed E-state index contributed by atoms with van der Waals surface area (Å²) >= 11 is 6.32. The summed E-state index contributed by atoms with van der Waals surface area (Å²) in [4.78, 5) is 12.9. The molecule has 4 aromatic rings. The number of fused-ring (bicyclic) bond motifs is 1. The van der Waals surface area contributed by atoms with Gasteiger partial charge in [0.1, 0.15) is 17.1 Å². The van der Waals surface area contributed by atoms with Gasteiger partial charge in [0.2, 0.25) is 0 Å². The normalized spacial score (nSPS) is 11.0. The second kappa shape index (κ2) is 5.24. The van der Waals surface area contributed by atoms with E-state index in [1.54, 1.807) is 6.20 Å². The van der Waals surface area contributed by atoms with Gasteiger partial charge < -0.3 is 4.57 Å². The van der Waals surface area contributed by atoms with Gasteiger partial charge in [0.25, 0.3) is 0 Å². The van der Waals surface area contributed by atoms with Crippen LogP contribution in [0.2, 0.25) is 5.15 Å². The molecule has 0 aliphatic carbocycles. The molecular formula is C17H11ClN4. The highest BCUT2D eigenvalue weighted by atomic mass is 35.5. The first-order valence-electron chi connectivity index (χ1n) is 6.83. The Bertz CT molecular complexity index is 933. The lowest BCUT2D eigenvalue weighted by Gasteiger charge is -2.03. The number of hydrogen-bond acceptors (Lipinski definition) is 3. The van der Waals surface area contributed by atoms with Gasteiger partial charge in [0.05, 0.1) is 11.1 Å². The van der Waals surface area contributed by atoms with Crippen molar-refractivity contribution in [2.75, 3.05) is 0 Å². The molecule has 0 saturated heterocycles. The highest BCUT2D eigenvalue weighted by molar-refractivity contribution is 6.35. The zero-order valence-electron chi connectivity index (χ0n) is 11.5. The van der Waals surface area contributed by atoms with Crippen molar-refractivity contribution in [1.29, 1.82) is 0 Å². The number of hydrogen-bond donors (Lipinski definition) is 0. The Hall–Kier alpha value is -2.72. The molecule has 0 spiro atoms. The van der Waals surface area contributed by atoms with Gasteiger partial charge in [0.15, 0.2) is 0 Å². The molecule has 0 aliphatic heterocycles. The number of nitrogens with zero attached hydrogens (tertiary/aromatic N) is 4. The summed E-state index contributed by atoms with van der Waals surface area (Å²) in [6.07, 6.45) is 5.24. The number of pyridine rings is 1. The molecule has 0 amide bonds. The molecule has 0 aliphatic rings. The molecule has 5 heteroatoms. The molecular weight excluding hydrogens is 296 g/mol. The third-order valence-electron chi connectivity index (χ3n) is 3.51. The maximum absolute atomic E-state index is 6.32. The third-order valence-corrected chi connectivity index (χ3v) is 3.80. The minimum absolute atomic E-state index is 0.431. The first-order valence-corrected chi connectivity index (χ1v) is 7.21. The molecule has 0 atom stereocenters. The van der Waals surface area contributed by atoms with Crippen molar-refractivity contribution in [2.24, 2.45) is 0 Å². The Labute approximate surface area is 132 Å². The van der Waals surface area contributed by atoms with E-state index in [0.29, 0.717) is 5.15 Å². The Balaban J connectivity index is 2.07. The lowest BCUT2D eigenvalue weighted by molar-refractivity contribution is 1.08. The van der Waals surface area contributed by atoms with Crippen LogP contribution in [0, 0.1) is 0 Å². The zero-order chi connectivity index (χ0) is 14.9. The van der Waals surface area contributed by atoms with E-state index in [2.05, 4.69) is 15.0 Å². The fraction of sp³-hybridized carbons (Fsp3) is 0. The zero-order valence-corrected chi connectivity index (χ0v) is 12.3. The van der Waals surface area contributed by atoms with Gasteiger partial charge in [-0.25, -0.2) is 9.97 Å². The van der Waals surface area contributed by atoms with Crippen molar-refractivity contribution in [1.82, 2.24) is 19.5 Å². The van der Waals surface area contributed by atoms with Crippen molar-refractivity contribution < 1.29 is 0 Å². The summed E-state index contributed by atoms with van der Waals surface area (Å²) in [6, 6.07) is 15.8. The van der Waals surface area contributed by atoms with Gasteiger partial charge in [-0.1, -0.05) is 35.9 Å². The summed E-state index contributed by atoms with van der Waals surface area (Å²) in [6.45, 7) is 0. The number of halogens is 1. The summed E-state index contributed by atoms with van der Waals surface area (Å²) in [7, 11) is 0. The molecule has 0 bridgehead atoms. The summed E-state index contributed by atoms with van der Waals surface area (Å²) < 4.78 is 2.01. The average Bonchev–Trinajstić information content (AvgIpc) is 2.98. The number of aromatic nitrogens is 4. The molecule has 106 valence electrons. The first-order chi connectivity index (χ1) is 10.8. The summed E-state index contributed by atoms with van der Waals surface area (Å²) in [5, 5.41) is 1.24. The molecule has 3 aromatic heterocycles. The fourth-order valence-corrected chi connectivity index (χ4v) is 2.76. The minimum atomic E-state index is 0.431. The quantitative estimate of drug-likeness (QED) is 0.523. The van der Waals surface area contributed by atoms with Gasteiger partial charge in [0, 0.05) is 23.6 Å². The largest absolute Gasteiger partial charge is 0.300 e. The molecule has 0 N–H and O–H groups in total. The Kier molecular flexibility index (Phi) is 3.09. The van der Waals surface area contributed by atoms with Crippen LogP contribution in [0.1, 0.15) is 0 Å². The van der Waals surface area contributed by atoms with Gasteiger partial charge in [-0.3, -0.25) is 4.98 Å². The highest BCUT2D eigenvalue weighted by Gasteiger charge is 2.16.